The molecule has 4 aromatic rings. The minimum Gasteiger partial charge on any atom is -0.494 e. The van der Waals surface area contributed by atoms with Crippen LogP contribution in [-0.2, 0) is 16.8 Å². The average Bonchev–Trinajstić information content (AvgIpc) is 3.40. The highest BCUT2D eigenvalue weighted by Crippen LogP contribution is 2.42. The van der Waals surface area contributed by atoms with Crippen molar-refractivity contribution in [3.63, 3.8) is 0 Å². The highest BCUT2D eigenvalue weighted by Gasteiger charge is 2.56. The van der Waals surface area contributed by atoms with Gasteiger partial charge in [-0.2, -0.15) is 18.3 Å². The molecule has 1 atom stereocenters. The molecule has 0 spiro atoms. The molecule has 2 aromatic heterocycles. The number of alkyl halides is 3. The van der Waals surface area contributed by atoms with Crippen LogP contribution in [0.3, 0.4) is 0 Å². The molecule has 0 unspecified atom stereocenters. The summed E-state index contributed by atoms with van der Waals surface area (Å²) in [4.78, 5) is 28.8. The molecule has 0 saturated carbocycles. The van der Waals surface area contributed by atoms with Gasteiger partial charge in [-0.25, -0.2) is 9.37 Å². The number of carbonyl (C=O) groups excluding carboxylic acids is 2. The number of hydrogen-bond donors (Lipinski definition) is 4. The lowest BCUT2D eigenvalue weighted by atomic mass is 9.93. The summed E-state index contributed by atoms with van der Waals surface area (Å²) < 4.78 is 68.0. The molecule has 0 radical (unpaired) electrons. The second-order valence-electron chi connectivity index (χ2n) is 8.98. The SMILES string of the molecule is CCOc1c(CC(N)=O)cc([C@@](O)(CNC(=O)c2cc(OC)c3[nH]ncc3c2)C(F)(F)F)nc1-c1ccc(F)cc1. The number of aliphatic hydroxyl groups is 1. The Kier molecular flexibility index (Phi) is 8.14. The van der Waals surface area contributed by atoms with Gasteiger partial charge in [-0.1, -0.05) is 0 Å². The fraction of sp³-hybridized carbons (Fsp3) is 0.259. The lowest BCUT2D eigenvalue weighted by molar-refractivity contribution is -0.265. The van der Waals surface area contributed by atoms with Crippen molar-refractivity contribution >= 4 is 22.7 Å². The molecule has 2 heterocycles. The Morgan fingerprint density at radius 2 is 1.85 bits per heavy atom. The van der Waals surface area contributed by atoms with Gasteiger partial charge in [0.25, 0.3) is 5.91 Å². The van der Waals surface area contributed by atoms with Crippen LogP contribution in [0.1, 0.15) is 28.5 Å². The van der Waals surface area contributed by atoms with E-state index in [4.69, 9.17) is 15.2 Å². The van der Waals surface area contributed by atoms with Crippen LogP contribution in [0.25, 0.3) is 22.2 Å². The van der Waals surface area contributed by atoms with Gasteiger partial charge in [-0.15, -0.1) is 0 Å². The fourth-order valence-electron chi connectivity index (χ4n) is 4.19. The van der Waals surface area contributed by atoms with Crippen LogP contribution in [0, 0.1) is 5.82 Å². The zero-order valence-corrected chi connectivity index (χ0v) is 21.8. The largest absolute Gasteiger partial charge is 0.494 e. The molecule has 0 saturated heterocycles. The molecule has 0 fully saturated rings. The number of fused-ring (bicyclic) bond motifs is 1. The van der Waals surface area contributed by atoms with E-state index < -0.39 is 48.1 Å². The second kappa shape index (κ2) is 11.4. The molecule has 41 heavy (non-hydrogen) atoms. The van der Waals surface area contributed by atoms with Crippen molar-refractivity contribution in [3.8, 4) is 22.8 Å². The average molecular weight is 576 g/mol. The summed E-state index contributed by atoms with van der Waals surface area (Å²) in [6, 6.07) is 8.18. The lowest BCUT2D eigenvalue weighted by Gasteiger charge is -2.31. The molecule has 0 aliphatic rings. The third-order valence-corrected chi connectivity index (χ3v) is 6.21. The van der Waals surface area contributed by atoms with Gasteiger partial charge in [0.15, 0.2) is 0 Å². The molecule has 5 N–H and O–H groups in total. The normalized spacial score (nSPS) is 13.0. The van der Waals surface area contributed by atoms with Crippen molar-refractivity contribution in [2.24, 2.45) is 5.73 Å². The van der Waals surface area contributed by atoms with E-state index in [1.54, 1.807) is 6.92 Å². The highest BCUT2D eigenvalue weighted by molar-refractivity contribution is 5.99. The predicted octanol–water partition coefficient (Wildman–Crippen LogP) is 3.38. The first kappa shape index (κ1) is 29.3. The highest BCUT2D eigenvalue weighted by atomic mass is 19.4. The van der Waals surface area contributed by atoms with Gasteiger partial charge in [-0.3, -0.25) is 14.7 Å². The fourth-order valence-corrected chi connectivity index (χ4v) is 4.19. The Morgan fingerprint density at radius 1 is 1.15 bits per heavy atom. The van der Waals surface area contributed by atoms with E-state index >= 15 is 0 Å². The van der Waals surface area contributed by atoms with Crippen molar-refractivity contribution < 1.29 is 41.7 Å². The maximum absolute atomic E-state index is 14.5. The Balaban J connectivity index is 1.80. The molecule has 2 aromatic carbocycles. The molecular weight excluding hydrogens is 550 g/mol. The topological polar surface area (TPSA) is 152 Å². The van der Waals surface area contributed by atoms with Gasteiger partial charge in [0, 0.05) is 22.1 Å². The maximum atomic E-state index is 14.5. The van der Waals surface area contributed by atoms with E-state index in [1.165, 1.54) is 37.6 Å². The predicted molar refractivity (Wildman–Crippen MR) is 139 cm³/mol. The van der Waals surface area contributed by atoms with Crippen LogP contribution in [-0.4, -0.2) is 58.5 Å². The zero-order valence-electron chi connectivity index (χ0n) is 21.8. The summed E-state index contributed by atoms with van der Waals surface area (Å²) in [5, 5.41) is 20.2. The number of primary amides is 1. The van der Waals surface area contributed by atoms with Gasteiger partial charge in [-0.05, 0) is 49.4 Å². The van der Waals surface area contributed by atoms with Crippen molar-refractivity contribution in [2.75, 3.05) is 20.3 Å². The number of nitrogens with zero attached hydrogens (tertiary/aromatic N) is 2. The van der Waals surface area contributed by atoms with Crippen LogP contribution in [0.5, 0.6) is 11.5 Å². The van der Waals surface area contributed by atoms with Crippen LogP contribution in [0.15, 0.2) is 48.7 Å². The van der Waals surface area contributed by atoms with Crippen LogP contribution in [0.4, 0.5) is 17.6 Å². The van der Waals surface area contributed by atoms with E-state index in [1.807, 2.05) is 0 Å². The van der Waals surface area contributed by atoms with Crippen molar-refractivity contribution in [1.82, 2.24) is 20.5 Å². The molecule has 0 aliphatic heterocycles. The molecule has 14 heteroatoms. The number of carbonyl (C=O) groups is 2. The second-order valence-corrected chi connectivity index (χ2v) is 8.98. The van der Waals surface area contributed by atoms with Crippen molar-refractivity contribution in [3.05, 3.63) is 71.3 Å². The number of aromatic nitrogens is 3. The summed E-state index contributed by atoms with van der Waals surface area (Å²) in [5.74, 6) is -2.28. The zero-order chi connectivity index (χ0) is 29.9. The Labute approximate surface area is 230 Å². The van der Waals surface area contributed by atoms with E-state index in [2.05, 4.69) is 20.5 Å². The number of ether oxygens (including phenoxy) is 2. The number of halogens is 4. The van der Waals surface area contributed by atoms with E-state index in [0.717, 1.165) is 18.2 Å². The van der Waals surface area contributed by atoms with Gasteiger partial charge < -0.3 is 25.6 Å². The monoisotopic (exact) mass is 575 g/mol. The third kappa shape index (κ3) is 5.91. The first-order valence-electron chi connectivity index (χ1n) is 12.2. The minimum absolute atomic E-state index is 0.0467. The number of nitrogens with two attached hydrogens (primary N) is 1. The number of rotatable bonds is 10. The van der Waals surface area contributed by atoms with Gasteiger partial charge in [0.2, 0.25) is 11.5 Å². The van der Waals surface area contributed by atoms with Gasteiger partial charge in [0.05, 0.1) is 38.6 Å². The molecule has 2 amide bonds. The van der Waals surface area contributed by atoms with Crippen molar-refractivity contribution in [1.29, 1.82) is 0 Å². The minimum atomic E-state index is -5.35. The van der Waals surface area contributed by atoms with E-state index in [-0.39, 0.29) is 40.5 Å². The first-order chi connectivity index (χ1) is 19.4. The maximum Gasteiger partial charge on any atom is 0.424 e. The molecule has 0 bridgehead atoms. The van der Waals surface area contributed by atoms with Crippen LogP contribution in [0.2, 0.25) is 0 Å². The number of nitrogens with one attached hydrogen (secondary N) is 2. The third-order valence-electron chi connectivity index (χ3n) is 6.21. The quantitative estimate of drug-likeness (QED) is 0.212. The van der Waals surface area contributed by atoms with E-state index in [0.29, 0.717) is 10.9 Å². The summed E-state index contributed by atoms with van der Waals surface area (Å²) in [7, 11) is 1.35. The number of benzene rings is 2. The summed E-state index contributed by atoms with van der Waals surface area (Å²) in [6.45, 7) is 0.305. The number of aromatic amines is 1. The first-order valence-corrected chi connectivity index (χ1v) is 12.2. The summed E-state index contributed by atoms with van der Waals surface area (Å²) in [6.07, 6.45) is -4.50. The number of amides is 2. The Bertz CT molecular complexity index is 1590. The van der Waals surface area contributed by atoms with Crippen LogP contribution < -0.4 is 20.5 Å². The smallest absolute Gasteiger partial charge is 0.424 e. The van der Waals surface area contributed by atoms with E-state index in [9.17, 15) is 32.3 Å². The summed E-state index contributed by atoms with van der Waals surface area (Å²) >= 11 is 0. The van der Waals surface area contributed by atoms with Crippen molar-refractivity contribution in [2.45, 2.75) is 25.1 Å². The number of hydrogen-bond acceptors (Lipinski definition) is 7. The molecule has 10 nitrogen and oxygen atoms in total. The summed E-state index contributed by atoms with van der Waals surface area (Å²) in [5.41, 5.74) is 0.968. The van der Waals surface area contributed by atoms with Crippen LogP contribution >= 0.6 is 0 Å². The number of H-pyrrole nitrogens is 1. The Hall–Kier alpha value is -4.72. The lowest BCUT2D eigenvalue weighted by Crippen LogP contribution is -2.51. The Morgan fingerprint density at radius 3 is 2.46 bits per heavy atom. The molecule has 216 valence electrons. The number of pyridine rings is 1. The number of methoxy groups -OCH3 is 1. The molecular formula is C27H25F4N5O5. The molecule has 0 aliphatic carbocycles. The van der Waals surface area contributed by atoms with Gasteiger partial charge >= 0.3 is 6.18 Å². The van der Waals surface area contributed by atoms with Gasteiger partial charge in [0.1, 0.15) is 28.5 Å². The standard InChI is InChI=1S/C27H25F4N5O5/c1-3-41-24-15(11-21(32)37)10-20(35-23(24)14-4-6-18(28)7-5-14)26(39,27(29,30)31)13-33-25(38)16-8-17-12-34-36-22(17)19(9-16)40-2/h4-10,12,39H,3,11,13H2,1-2H3,(H2,32,37)(H,33,38)(H,34,36)/t26-/m0/s1. The molecule has 4 rings (SSSR count).